The highest BCUT2D eigenvalue weighted by molar-refractivity contribution is 5.45. The lowest BCUT2D eigenvalue weighted by Gasteiger charge is -2.34. The van der Waals surface area contributed by atoms with Gasteiger partial charge in [0.05, 0.1) is 0 Å². The molecule has 3 nitrogen and oxygen atoms in total. The van der Waals surface area contributed by atoms with Gasteiger partial charge in [-0.2, -0.15) is 0 Å². The number of hydrogen-bond acceptors (Lipinski definition) is 3. The monoisotopic (exact) mass is 289 g/mol. The van der Waals surface area contributed by atoms with Gasteiger partial charge in [-0.15, -0.1) is 0 Å². The smallest absolute Gasteiger partial charge is 0.231 e. The third kappa shape index (κ3) is 3.34. The van der Waals surface area contributed by atoms with Crippen LogP contribution in [0.4, 0.5) is 0 Å². The third-order valence-corrected chi connectivity index (χ3v) is 5.04. The van der Waals surface area contributed by atoms with Crippen LogP contribution in [-0.4, -0.2) is 12.8 Å². The Labute approximate surface area is 128 Å². The molecule has 1 aromatic carbocycles. The molecule has 0 saturated heterocycles. The van der Waals surface area contributed by atoms with E-state index in [0.717, 1.165) is 23.3 Å². The summed E-state index contributed by atoms with van der Waals surface area (Å²) in [6.07, 6.45) is 5.37. The number of benzene rings is 1. The fourth-order valence-corrected chi connectivity index (χ4v) is 3.62. The molecule has 21 heavy (non-hydrogen) atoms. The Morgan fingerprint density at radius 1 is 1.10 bits per heavy atom. The van der Waals surface area contributed by atoms with E-state index >= 15 is 0 Å². The SMILES string of the molecule is CC(NC1CCCC(C(C)C)C1)c1ccc2c(c1)OCO2. The highest BCUT2D eigenvalue weighted by Crippen LogP contribution is 2.35. The van der Waals surface area contributed by atoms with Gasteiger partial charge in [-0.05, 0) is 49.3 Å². The van der Waals surface area contributed by atoms with Crippen LogP contribution in [0.25, 0.3) is 0 Å². The first-order valence-electron chi connectivity index (χ1n) is 8.29. The molecule has 1 aliphatic heterocycles. The summed E-state index contributed by atoms with van der Waals surface area (Å²) in [5, 5.41) is 3.81. The molecule has 1 fully saturated rings. The van der Waals surface area contributed by atoms with Gasteiger partial charge in [0, 0.05) is 12.1 Å². The second-order valence-corrected chi connectivity index (χ2v) is 6.87. The maximum atomic E-state index is 5.48. The molecule has 2 aliphatic rings. The summed E-state index contributed by atoms with van der Waals surface area (Å²) < 4.78 is 10.9. The van der Waals surface area contributed by atoms with Crippen LogP contribution < -0.4 is 14.8 Å². The Kier molecular flexibility index (Phi) is 4.39. The molecule has 1 aromatic rings. The van der Waals surface area contributed by atoms with Crippen molar-refractivity contribution in [2.45, 2.75) is 58.5 Å². The van der Waals surface area contributed by atoms with Gasteiger partial charge in [0.1, 0.15) is 0 Å². The average Bonchev–Trinajstić information content (AvgIpc) is 2.94. The summed E-state index contributed by atoms with van der Waals surface area (Å²) in [7, 11) is 0. The van der Waals surface area contributed by atoms with E-state index in [-0.39, 0.29) is 0 Å². The lowest BCUT2D eigenvalue weighted by molar-refractivity contribution is 0.174. The molecule has 0 radical (unpaired) electrons. The average molecular weight is 289 g/mol. The van der Waals surface area contributed by atoms with Gasteiger partial charge in [-0.1, -0.05) is 32.8 Å². The van der Waals surface area contributed by atoms with Crippen LogP contribution in [-0.2, 0) is 0 Å². The van der Waals surface area contributed by atoms with Crippen molar-refractivity contribution in [1.29, 1.82) is 0 Å². The maximum absolute atomic E-state index is 5.48. The van der Waals surface area contributed by atoms with Gasteiger partial charge in [0.2, 0.25) is 6.79 Å². The molecule has 1 aliphatic carbocycles. The molecule has 1 heterocycles. The molecule has 116 valence electrons. The zero-order valence-corrected chi connectivity index (χ0v) is 13.4. The number of hydrogen-bond donors (Lipinski definition) is 1. The lowest BCUT2D eigenvalue weighted by Crippen LogP contribution is -2.37. The molecule has 3 heteroatoms. The van der Waals surface area contributed by atoms with E-state index in [1.165, 1.54) is 31.2 Å². The van der Waals surface area contributed by atoms with Crippen molar-refractivity contribution in [2.75, 3.05) is 6.79 Å². The molecule has 0 aromatic heterocycles. The van der Waals surface area contributed by atoms with E-state index < -0.39 is 0 Å². The Morgan fingerprint density at radius 2 is 1.90 bits per heavy atom. The van der Waals surface area contributed by atoms with E-state index in [0.29, 0.717) is 18.9 Å². The Hall–Kier alpha value is -1.22. The molecule has 0 bridgehead atoms. The van der Waals surface area contributed by atoms with E-state index in [1.807, 2.05) is 6.07 Å². The summed E-state index contributed by atoms with van der Waals surface area (Å²) in [6.45, 7) is 7.30. The van der Waals surface area contributed by atoms with E-state index in [1.54, 1.807) is 0 Å². The van der Waals surface area contributed by atoms with Crippen LogP contribution in [0.15, 0.2) is 18.2 Å². The molecule has 1 saturated carbocycles. The van der Waals surface area contributed by atoms with Crippen molar-refractivity contribution >= 4 is 0 Å². The fourth-order valence-electron chi connectivity index (χ4n) is 3.62. The van der Waals surface area contributed by atoms with Crippen molar-refractivity contribution in [3.05, 3.63) is 23.8 Å². The first kappa shape index (κ1) is 14.7. The van der Waals surface area contributed by atoms with Gasteiger partial charge >= 0.3 is 0 Å². The van der Waals surface area contributed by atoms with Crippen LogP contribution >= 0.6 is 0 Å². The number of ether oxygens (including phenoxy) is 2. The molecular weight excluding hydrogens is 262 g/mol. The topological polar surface area (TPSA) is 30.5 Å². The van der Waals surface area contributed by atoms with Gasteiger partial charge in [0.25, 0.3) is 0 Å². The number of fused-ring (bicyclic) bond motifs is 1. The first-order chi connectivity index (χ1) is 10.1. The molecule has 3 atom stereocenters. The summed E-state index contributed by atoms with van der Waals surface area (Å²) in [6, 6.07) is 7.28. The predicted molar refractivity (Wildman–Crippen MR) is 84.7 cm³/mol. The molecular formula is C18H27NO2. The van der Waals surface area contributed by atoms with Crippen molar-refractivity contribution in [1.82, 2.24) is 5.32 Å². The fraction of sp³-hybridized carbons (Fsp3) is 0.667. The maximum Gasteiger partial charge on any atom is 0.231 e. The highest BCUT2D eigenvalue weighted by Gasteiger charge is 2.25. The highest BCUT2D eigenvalue weighted by atomic mass is 16.7. The van der Waals surface area contributed by atoms with Crippen molar-refractivity contribution in [2.24, 2.45) is 11.8 Å². The number of rotatable bonds is 4. The van der Waals surface area contributed by atoms with Gasteiger partial charge in [-0.3, -0.25) is 0 Å². The Morgan fingerprint density at radius 3 is 2.71 bits per heavy atom. The largest absolute Gasteiger partial charge is 0.454 e. The van der Waals surface area contributed by atoms with E-state index in [2.05, 4.69) is 38.2 Å². The first-order valence-corrected chi connectivity index (χ1v) is 8.29. The van der Waals surface area contributed by atoms with Crippen LogP contribution in [0.2, 0.25) is 0 Å². The zero-order chi connectivity index (χ0) is 14.8. The molecule has 1 N–H and O–H groups in total. The van der Waals surface area contributed by atoms with Gasteiger partial charge < -0.3 is 14.8 Å². The van der Waals surface area contributed by atoms with Crippen LogP contribution in [0.5, 0.6) is 11.5 Å². The third-order valence-electron chi connectivity index (χ3n) is 5.04. The van der Waals surface area contributed by atoms with E-state index in [9.17, 15) is 0 Å². The van der Waals surface area contributed by atoms with Crippen LogP contribution in [0.1, 0.15) is 58.1 Å². The minimum Gasteiger partial charge on any atom is -0.454 e. The predicted octanol–water partition coefficient (Wildman–Crippen LogP) is 4.28. The van der Waals surface area contributed by atoms with Crippen LogP contribution in [0.3, 0.4) is 0 Å². The lowest BCUT2D eigenvalue weighted by atomic mass is 9.79. The van der Waals surface area contributed by atoms with Crippen molar-refractivity contribution in [3.8, 4) is 11.5 Å². The summed E-state index contributed by atoms with van der Waals surface area (Å²) in [5.74, 6) is 3.42. The zero-order valence-electron chi connectivity index (χ0n) is 13.4. The van der Waals surface area contributed by atoms with Gasteiger partial charge in [-0.25, -0.2) is 0 Å². The minimum absolute atomic E-state index is 0.347. The second-order valence-electron chi connectivity index (χ2n) is 6.87. The second kappa shape index (κ2) is 6.27. The van der Waals surface area contributed by atoms with E-state index in [4.69, 9.17) is 9.47 Å². The molecule has 0 amide bonds. The van der Waals surface area contributed by atoms with Crippen LogP contribution in [0, 0.1) is 11.8 Å². The molecule has 3 unspecified atom stereocenters. The van der Waals surface area contributed by atoms with Crippen molar-refractivity contribution in [3.63, 3.8) is 0 Å². The summed E-state index contributed by atoms with van der Waals surface area (Å²) in [5.41, 5.74) is 1.28. The summed E-state index contributed by atoms with van der Waals surface area (Å²) >= 11 is 0. The molecule has 0 spiro atoms. The van der Waals surface area contributed by atoms with Crippen molar-refractivity contribution < 1.29 is 9.47 Å². The summed E-state index contributed by atoms with van der Waals surface area (Å²) in [4.78, 5) is 0. The normalized spacial score (nSPS) is 26.1. The molecule has 3 rings (SSSR count). The van der Waals surface area contributed by atoms with Gasteiger partial charge in [0.15, 0.2) is 11.5 Å². The minimum atomic E-state index is 0.347. The Balaban J connectivity index is 1.62. The standard InChI is InChI=1S/C18H27NO2/c1-12(2)14-5-4-6-16(9-14)19-13(3)15-7-8-17-18(10-15)21-11-20-17/h7-8,10,12-14,16,19H,4-6,9,11H2,1-3H3. The number of nitrogens with one attached hydrogen (secondary N) is 1. The quantitative estimate of drug-likeness (QED) is 0.897. The Bertz CT molecular complexity index is 486.